The Labute approximate surface area is 315 Å². The Morgan fingerprint density at radius 2 is 1.65 bits per heavy atom. The van der Waals surface area contributed by atoms with Crippen LogP contribution in [-0.4, -0.2) is 78.2 Å². The van der Waals surface area contributed by atoms with Crippen molar-refractivity contribution >= 4 is 40.6 Å². The average molecular weight is 743 g/mol. The van der Waals surface area contributed by atoms with Crippen LogP contribution in [0.4, 0.5) is 0 Å². The molecule has 2 aliphatic carbocycles. The topological polar surface area (TPSA) is 182 Å². The van der Waals surface area contributed by atoms with Gasteiger partial charge < -0.3 is 35.3 Å². The summed E-state index contributed by atoms with van der Waals surface area (Å²) >= 11 is 0. The van der Waals surface area contributed by atoms with Crippen LogP contribution in [0, 0.1) is 17.8 Å². The minimum Gasteiger partial charge on any atom is -0.497 e. The molecule has 13 nitrogen and oxygen atoms in total. The zero-order chi connectivity index (χ0) is 38.9. The van der Waals surface area contributed by atoms with Gasteiger partial charge in [0, 0.05) is 35.1 Å². The van der Waals surface area contributed by atoms with Gasteiger partial charge in [0.1, 0.15) is 35.7 Å². The van der Waals surface area contributed by atoms with Crippen LogP contribution in [0.1, 0.15) is 65.7 Å². The van der Waals surface area contributed by atoms with Crippen LogP contribution in [0.25, 0.3) is 22.2 Å². The van der Waals surface area contributed by atoms with Crippen molar-refractivity contribution in [3.8, 4) is 22.8 Å². The van der Waals surface area contributed by atoms with Crippen molar-refractivity contribution < 1.29 is 43.3 Å². The van der Waals surface area contributed by atoms with Crippen molar-refractivity contribution in [1.82, 2.24) is 20.9 Å². The second-order valence-electron chi connectivity index (χ2n) is 14.2. The highest BCUT2D eigenvalue weighted by atomic mass is 16.5. The van der Waals surface area contributed by atoms with Crippen molar-refractivity contribution in [1.29, 1.82) is 0 Å². The smallest absolute Gasteiger partial charge is 0.328 e. The summed E-state index contributed by atoms with van der Waals surface area (Å²) in [6.45, 7) is 5.17. The summed E-state index contributed by atoms with van der Waals surface area (Å²) in [4.78, 5) is 71.2. The second-order valence-corrected chi connectivity index (χ2v) is 14.2. The van der Waals surface area contributed by atoms with Gasteiger partial charge in [-0.2, -0.15) is 0 Å². The van der Waals surface area contributed by atoms with E-state index in [4.69, 9.17) is 19.2 Å². The van der Waals surface area contributed by atoms with Gasteiger partial charge in [-0.1, -0.05) is 70.4 Å². The Morgan fingerprint density at radius 3 is 2.28 bits per heavy atom. The molecule has 1 saturated carbocycles. The number of amides is 3. The summed E-state index contributed by atoms with van der Waals surface area (Å²) in [7, 11) is 2.85. The number of pyridine rings is 1. The minimum atomic E-state index is -1.20. The van der Waals surface area contributed by atoms with Crippen LogP contribution in [0.15, 0.2) is 66.2 Å². The molecule has 1 fully saturated rings. The predicted octanol–water partition coefficient (Wildman–Crippen LogP) is 4.96. The summed E-state index contributed by atoms with van der Waals surface area (Å²) in [5.74, 6) is -4.14. The molecule has 2 aliphatic rings. The number of carboxylic acid groups (broad SMARTS) is 1. The fraction of sp³-hybridized carbons (Fsp3) is 0.463. The third-order valence-corrected chi connectivity index (χ3v) is 10.2. The van der Waals surface area contributed by atoms with E-state index in [1.807, 2.05) is 36.4 Å². The molecule has 288 valence electrons. The quantitative estimate of drug-likeness (QED) is 0.155. The first-order chi connectivity index (χ1) is 25.9. The molecule has 0 aliphatic heterocycles. The lowest BCUT2D eigenvalue weighted by Crippen LogP contribution is -2.56. The Bertz CT molecular complexity index is 1870. The van der Waals surface area contributed by atoms with Crippen molar-refractivity contribution in [2.24, 2.45) is 17.8 Å². The first-order valence-corrected chi connectivity index (χ1v) is 18.6. The fourth-order valence-corrected chi connectivity index (χ4v) is 7.21. The maximum absolute atomic E-state index is 14.1. The van der Waals surface area contributed by atoms with Crippen LogP contribution in [0.3, 0.4) is 0 Å². The van der Waals surface area contributed by atoms with Gasteiger partial charge in [-0.25, -0.2) is 14.6 Å². The van der Waals surface area contributed by atoms with Crippen LogP contribution in [0.2, 0.25) is 0 Å². The molecule has 0 spiro atoms. The molecule has 2 aromatic carbocycles. The Hall–Kier alpha value is -5.46. The molecule has 5 atom stereocenters. The molecular weight excluding hydrogens is 692 g/mol. The van der Waals surface area contributed by atoms with Crippen LogP contribution < -0.4 is 25.4 Å². The van der Waals surface area contributed by atoms with Crippen molar-refractivity contribution in [2.75, 3.05) is 14.2 Å². The molecular formula is C41H50N4O9. The molecule has 1 aromatic heterocycles. The van der Waals surface area contributed by atoms with E-state index in [1.165, 1.54) is 7.11 Å². The van der Waals surface area contributed by atoms with E-state index < -0.39 is 65.7 Å². The highest BCUT2D eigenvalue weighted by molar-refractivity contribution is 6.03. The number of benzene rings is 2. The second kappa shape index (κ2) is 18.0. The SMILES string of the molecule is CC[C@H](NC(=O)[C@@H]1C[C@@H](Oc2cc(-c3ccccc3)nc3cc(OC)ccc23)C=C1C(=O)N[C@@H](C(=O)NC(C(=O)OC)C1CCCCC1)C(C)C)C(=O)O. The van der Waals surface area contributed by atoms with E-state index in [2.05, 4.69) is 16.0 Å². The predicted molar refractivity (Wildman–Crippen MR) is 201 cm³/mol. The summed E-state index contributed by atoms with van der Waals surface area (Å²) < 4.78 is 17.0. The minimum absolute atomic E-state index is 0.0237. The number of fused-ring (bicyclic) bond motifs is 1. The molecule has 4 N–H and O–H groups in total. The highest BCUT2D eigenvalue weighted by Gasteiger charge is 2.40. The molecule has 0 bridgehead atoms. The van der Waals surface area contributed by atoms with Crippen LogP contribution >= 0.6 is 0 Å². The Morgan fingerprint density at radius 1 is 0.926 bits per heavy atom. The number of carbonyl (C=O) groups excluding carboxylic acids is 4. The van der Waals surface area contributed by atoms with Gasteiger partial charge in [0.2, 0.25) is 17.7 Å². The van der Waals surface area contributed by atoms with Gasteiger partial charge in [-0.15, -0.1) is 0 Å². The molecule has 13 heteroatoms. The van der Waals surface area contributed by atoms with E-state index >= 15 is 0 Å². The Balaban J connectivity index is 1.46. The summed E-state index contributed by atoms with van der Waals surface area (Å²) in [6.07, 6.45) is 5.40. The van der Waals surface area contributed by atoms with Gasteiger partial charge in [0.15, 0.2) is 0 Å². The van der Waals surface area contributed by atoms with Crippen molar-refractivity contribution in [2.45, 2.75) is 89.9 Å². The fourth-order valence-electron chi connectivity index (χ4n) is 7.21. The maximum Gasteiger partial charge on any atom is 0.328 e. The van der Waals surface area contributed by atoms with E-state index in [1.54, 1.807) is 52.2 Å². The lowest BCUT2D eigenvalue weighted by molar-refractivity contribution is -0.147. The molecule has 3 amide bonds. The first-order valence-electron chi connectivity index (χ1n) is 18.6. The average Bonchev–Trinajstić information content (AvgIpc) is 3.61. The molecule has 1 heterocycles. The number of rotatable bonds is 15. The number of carbonyl (C=O) groups is 5. The number of aliphatic carboxylic acids is 1. The monoisotopic (exact) mass is 742 g/mol. The molecule has 0 radical (unpaired) electrons. The van der Waals surface area contributed by atoms with E-state index in [9.17, 15) is 29.1 Å². The van der Waals surface area contributed by atoms with Gasteiger partial charge in [-0.3, -0.25) is 14.4 Å². The summed E-state index contributed by atoms with van der Waals surface area (Å²) in [5, 5.41) is 18.6. The summed E-state index contributed by atoms with van der Waals surface area (Å²) in [6, 6.07) is 13.7. The number of carboxylic acids is 1. The highest BCUT2D eigenvalue weighted by Crippen LogP contribution is 2.36. The third-order valence-electron chi connectivity index (χ3n) is 10.2. The number of esters is 1. The normalized spacial score (nSPS) is 18.9. The first kappa shape index (κ1) is 39.7. The van der Waals surface area contributed by atoms with Crippen molar-refractivity contribution in [3.63, 3.8) is 0 Å². The molecule has 54 heavy (non-hydrogen) atoms. The molecule has 0 saturated heterocycles. The lowest BCUT2D eigenvalue weighted by Gasteiger charge is -2.31. The number of hydrogen-bond acceptors (Lipinski definition) is 9. The van der Waals surface area contributed by atoms with E-state index in [-0.39, 0.29) is 24.3 Å². The number of ether oxygens (including phenoxy) is 3. The number of methoxy groups -OCH3 is 2. The van der Waals surface area contributed by atoms with Gasteiger partial charge >= 0.3 is 11.9 Å². The number of nitrogens with one attached hydrogen (secondary N) is 3. The number of aromatic nitrogens is 1. The van der Waals surface area contributed by atoms with Gasteiger partial charge in [0.05, 0.1) is 31.3 Å². The molecule has 3 aromatic rings. The zero-order valence-electron chi connectivity index (χ0n) is 31.4. The van der Waals surface area contributed by atoms with Crippen LogP contribution in [0.5, 0.6) is 11.5 Å². The van der Waals surface area contributed by atoms with Crippen molar-refractivity contribution in [3.05, 3.63) is 66.2 Å². The maximum atomic E-state index is 14.1. The number of hydrogen-bond donors (Lipinski definition) is 4. The molecule has 5 rings (SSSR count). The van der Waals surface area contributed by atoms with Gasteiger partial charge in [0.25, 0.3) is 0 Å². The Kier molecular flexibility index (Phi) is 13.3. The van der Waals surface area contributed by atoms with Gasteiger partial charge in [-0.05, 0) is 49.3 Å². The number of nitrogens with zero attached hydrogens (tertiary/aromatic N) is 1. The summed E-state index contributed by atoms with van der Waals surface area (Å²) in [5.41, 5.74) is 2.13. The van der Waals surface area contributed by atoms with E-state index in [0.29, 0.717) is 28.1 Å². The largest absolute Gasteiger partial charge is 0.497 e. The van der Waals surface area contributed by atoms with E-state index in [0.717, 1.165) is 37.7 Å². The van der Waals surface area contributed by atoms with Crippen LogP contribution in [-0.2, 0) is 28.7 Å². The lowest BCUT2D eigenvalue weighted by atomic mass is 9.83. The standard InChI is InChI=1S/C41H50N4O9/c1-6-31(40(49)50)43-37(46)29-19-27(54-34-22-32(24-13-9-7-10-14-24)42-33-21-26(52-4)17-18-28(33)34)20-30(29)38(47)44-35(23(2)3)39(48)45-36(41(51)53-5)25-15-11-8-12-16-25/h7,9-10,13-14,17-18,20-23,25,27,29,31,35-36H,6,8,11-12,15-16,19H2,1-5H3,(H,43,46)(H,44,47)(H,45,48)(H,49,50)/t27-,29-,31+,35-,36?/m1/s1. The zero-order valence-corrected chi connectivity index (χ0v) is 31.4. The molecule has 1 unspecified atom stereocenters. The third kappa shape index (κ3) is 9.36.